The molecule has 0 aliphatic rings. The highest BCUT2D eigenvalue weighted by Gasteiger charge is 2.20. The van der Waals surface area contributed by atoms with Crippen molar-refractivity contribution in [2.75, 3.05) is 5.32 Å². The average molecular weight is 528 g/mol. The first kappa shape index (κ1) is 28.5. The van der Waals surface area contributed by atoms with Crippen molar-refractivity contribution in [1.82, 2.24) is 0 Å². The van der Waals surface area contributed by atoms with Crippen LogP contribution in [0.3, 0.4) is 0 Å². The highest BCUT2D eigenvalue weighted by molar-refractivity contribution is 6.11. The maximum Gasteiger partial charge on any atom is 0.436 e. The van der Waals surface area contributed by atoms with E-state index in [4.69, 9.17) is 10.5 Å². The fourth-order valence-electron chi connectivity index (χ4n) is 3.66. The van der Waals surface area contributed by atoms with Gasteiger partial charge in [-0.2, -0.15) is 4.99 Å². The van der Waals surface area contributed by atoms with Crippen LogP contribution in [0, 0.1) is 0 Å². The van der Waals surface area contributed by atoms with Gasteiger partial charge >= 0.3 is 12.1 Å². The maximum atomic E-state index is 13.4. The van der Waals surface area contributed by atoms with Gasteiger partial charge in [0.25, 0.3) is 5.91 Å². The third kappa shape index (κ3) is 7.26. The Hall–Kier alpha value is -5.05. The van der Waals surface area contributed by atoms with Crippen molar-refractivity contribution in [3.8, 4) is 11.1 Å². The van der Waals surface area contributed by atoms with Gasteiger partial charge < -0.3 is 20.9 Å². The SMILES string of the molecule is C=Cc1ccc(-c2ccc(C(C)=O)cc2C(=O)O)c(C(=O)Nc2ccc(/C(N)=N\C(=O)OC(C)(C)C)cc2)c1. The van der Waals surface area contributed by atoms with E-state index in [1.54, 1.807) is 69.3 Å². The number of ketones is 1. The van der Waals surface area contributed by atoms with Crippen molar-refractivity contribution in [3.05, 3.63) is 95.1 Å². The topological polar surface area (TPSA) is 148 Å². The lowest BCUT2D eigenvalue weighted by atomic mass is 9.91. The molecule has 0 radical (unpaired) electrons. The Morgan fingerprint density at radius 3 is 2.08 bits per heavy atom. The molecule has 9 nitrogen and oxygen atoms in total. The fraction of sp³-hybridized carbons (Fsp3) is 0.167. The minimum Gasteiger partial charge on any atom is -0.478 e. The number of nitrogens with one attached hydrogen (secondary N) is 1. The van der Waals surface area contributed by atoms with Gasteiger partial charge in [-0.05, 0) is 80.8 Å². The molecule has 9 heteroatoms. The second-order valence-electron chi connectivity index (χ2n) is 9.64. The van der Waals surface area contributed by atoms with Gasteiger partial charge in [-0.3, -0.25) is 9.59 Å². The predicted octanol–water partition coefficient (Wildman–Crippen LogP) is 5.79. The molecule has 2 amide bonds. The molecule has 0 heterocycles. The molecule has 0 spiro atoms. The number of carboxylic acids is 1. The van der Waals surface area contributed by atoms with E-state index >= 15 is 0 Å². The van der Waals surface area contributed by atoms with Gasteiger partial charge in [-0.1, -0.05) is 36.9 Å². The summed E-state index contributed by atoms with van der Waals surface area (Å²) < 4.78 is 5.14. The van der Waals surface area contributed by atoms with Gasteiger partial charge in [0.05, 0.1) is 5.56 Å². The number of ether oxygens (including phenoxy) is 1. The van der Waals surface area contributed by atoms with Crippen LogP contribution in [0.4, 0.5) is 10.5 Å². The van der Waals surface area contributed by atoms with Crippen LogP contribution in [-0.4, -0.2) is 40.3 Å². The first-order chi connectivity index (χ1) is 18.3. The largest absolute Gasteiger partial charge is 0.478 e. The molecule has 0 saturated carbocycles. The Balaban J connectivity index is 1.93. The van der Waals surface area contributed by atoms with E-state index in [0.29, 0.717) is 22.4 Å². The van der Waals surface area contributed by atoms with Crippen molar-refractivity contribution in [2.24, 2.45) is 10.7 Å². The number of carbonyl (C=O) groups is 4. The standard InChI is InChI=1S/C30H29N3O6/c1-6-18-7-13-22(23-14-10-20(17(2)34)16-25(23)28(36)37)24(15-18)27(35)32-21-11-8-19(9-12-21)26(31)33-29(38)39-30(3,4)5/h6-16H,1H2,2-5H3,(H,32,35)(H,36,37)(H2,31,33,38). The number of hydrogen-bond donors (Lipinski definition) is 3. The molecule has 0 bridgehead atoms. The summed E-state index contributed by atoms with van der Waals surface area (Å²) in [6, 6.07) is 15.6. The Morgan fingerprint density at radius 2 is 1.51 bits per heavy atom. The monoisotopic (exact) mass is 527 g/mol. The van der Waals surface area contributed by atoms with E-state index in [0.717, 1.165) is 0 Å². The van der Waals surface area contributed by atoms with Crippen molar-refractivity contribution >= 4 is 41.4 Å². The lowest BCUT2D eigenvalue weighted by Crippen LogP contribution is -2.24. The molecule has 0 atom stereocenters. The number of nitrogens with two attached hydrogens (primary N) is 1. The number of carbonyl (C=O) groups excluding carboxylic acids is 3. The van der Waals surface area contributed by atoms with E-state index in [1.165, 1.54) is 25.1 Å². The number of rotatable bonds is 7. The van der Waals surface area contributed by atoms with Crippen LogP contribution in [0.1, 0.15) is 69.9 Å². The molecule has 0 aromatic heterocycles. The van der Waals surface area contributed by atoms with Crippen molar-refractivity contribution in [2.45, 2.75) is 33.3 Å². The highest BCUT2D eigenvalue weighted by atomic mass is 16.6. The second kappa shape index (κ2) is 11.6. The lowest BCUT2D eigenvalue weighted by molar-refractivity contribution is 0.0602. The summed E-state index contributed by atoms with van der Waals surface area (Å²) in [6.07, 6.45) is 0.753. The van der Waals surface area contributed by atoms with Crippen molar-refractivity contribution < 1.29 is 29.0 Å². The van der Waals surface area contributed by atoms with E-state index in [9.17, 15) is 24.3 Å². The summed E-state index contributed by atoms with van der Waals surface area (Å²) in [6.45, 7) is 10.2. The van der Waals surface area contributed by atoms with E-state index in [1.807, 2.05) is 0 Å². The molecule has 0 unspecified atom stereocenters. The molecule has 4 N–H and O–H groups in total. The molecule has 3 aromatic carbocycles. The Bertz CT molecular complexity index is 1500. The summed E-state index contributed by atoms with van der Waals surface area (Å²) in [5.74, 6) is -2.04. The number of amides is 2. The summed E-state index contributed by atoms with van der Waals surface area (Å²) >= 11 is 0. The molecule has 3 aromatic rings. The molecule has 0 fully saturated rings. The highest BCUT2D eigenvalue weighted by Crippen LogP contribution is 2.30. The Kier molecular flexibility index (Phi) is 8.45. The minimum atomic E-state index is -1.23. The van der Waals surface area contributed by atoms with E-state index < -0.39 is 23.6 Å². The van der Waals surface area contributed by atoms with Crippen LogP contribution in [-0.2, 0) is 4.74 Å². The summed E-state index contributed by atoms with van der Waals surface area (Å²) in [5, 5.41) is 12.6. The zero-order valence-electron chi connectivity index (χ0n) is 22.1. The third-order valence-corrected chi connectivity index (χ3v) is 5.51. The number of nitrogens with zero attached hydrogens (tertiary/aromatic N) is 1. The van der Waals surface area contributed by atoms with Crippen molar-refractivity contribution in [3.63, 3.8) is 0 Å². The number of aliphatic imine (C=N–C) groups is 1. The number of aromatic carboxylic acids is 1. The van der Waals surface area contributed by atoms with Gasteiger partial charge in [0.2, 0.25) is 0 Å². The molecule has 200 valence electrons. The average Bonchev–Trinajstić information content (AvgIpc) is 2.87. The van der Waals surface area contributed by atoms with Gasteiger partial charge in [-0.25, -0.2) is 9.59 Å². The van der Waals surface area contributed by atoms with Gasteiger partial charge in [-0.15, -0.1) is 0 Å². The predicted molar refractivity (Wildman–Crippen MR) is 150 cm³/mol. The fourth-order valence-corrected chi connectivity index (χ4v) is 3.66. The first-order valence-corrected chi connectivity index (χ1v) is 11.9. The molecule has 0 aliphatic carbocycles. The summed E-state index contributed by atoms with van der Waals surface area (Å²) in [4.78, 5) is 52.8. The second-order valence-corrected chi connectivity index (χ2v) is 9.64. The number of carboxylic acid groups (broad SMARTS) is 1. The molecule has 39 heavy (non-hydrogen) atoms. The number of Topliss-reactive ketones (excluding diaryl/α,β-unsaturated/α-hetero) is 1. The van der Waals surface area contributed by atoms with Gasteiger partial charge in [0, 0.05) is 22.4 Å². The first-order valence-electron chi connectivity index (χ1n) is 11.9. The van der Waals surface area contributed by atoms with Crippen LogP contribution in [0.15, 0.2) is 72.2 Å². The van der Waals surface area contributed by atoms with Crippen LogP contribution in [0.2, 0.25) is 0 Å². The molecule has 3 rings (SSSR count). The number of hydrogen-bond acceptors (Lipinski definition) is 5. The Labute approximate surface area is 226 Å². The normalized spacial score (nSPS) is 11.4. The van der Waals surface area contributed by atoms with Crippen molar-refractivity contribution in [1.29, 1.82) is 0 Å². The molecular formula is C30H29N3O6. The minimum absolute atomic E-state index is 0.0432. The van der Waals surface area contributed by atoms with Gasteiger partial charge in [0.1, 0.15) is 11.4 Å². The van der Waals surface area contributed by atoms with Gasteiger partial charge in [0.15, 0.2) is 5.78 Å². The summed E-state index contributed by atoms with van der Waals surface area (Å²) in [7, 11) is 0. The van der Waals surface area contributed by atoms with Crippen LogP contribution >= 0.6 is 0 Å². The number of amidine groups is 1. The van der Waals surface area contributed by atoms with E-state index in [-0.39, 0.29) is 33.9 Å². The molecule has 0 aliphatic heterocycles. The molecular weight excluding hydrogens is 498 g/mol. The molecule has 0 saturated heterocycles. The summed E-state index contributed by atoms with van der Waals surface area (Å²) in [5.41, 5.74) is 7.75. The van der Waals surface area contributed by atoms with E-state index in [2.05, 4.69) is 16.9 Å². The third-order valence-electron chi connectivity index (χ3n) is 5.51. The number of anilines is 1. The number of benzene rings is 3. The zero-order chi connectivity index (χ0) is 28.9. The van der Waals surface area contributed by atoms with Crippen LogP contribution < -0.4 is 11.1 Å². The quantitative estimate of drug-likeness (QED) is 0.200. The van der Waals surface area contributed by atoms with Crippen LogP contribution in [0.5, 0.6) is 0 Å². The smallest absolute Gasteiger partial charge is 0.436 e. The van der Waals surface area contributed by atoms with Crippen LogP contribution in [0.25, 0.3) is 17.2 Å². The zero-order valence-corrected chi connectivity index (χ0v) is 22.1. The maximum absolute atomic E-state index is 13.4. The lowest BCUT2D eigenvalue weighted by Gasteiger charge is -2.17. The Morgan fingerprint density at radius 1 is 0.923 bits per heavy atom.